The highest BCUT2D eigenvalue weighted by Gasteiger charge is 2.45. The fourth-order valence-corrected chi connectivity index (χ4v) is 4.76. The minimum absolute atomic E-state index is 0.0839. The number of ether oxygens (including phenoxy) is 1. The number of fused-ring (bicyclic) bond motifs is 3. The van der Waals surface area contributed by atoms with Crippen molar-refractivity contribution in [2.45, 2.75) is 44.5 Å². The van der Waals surface area contributed by atoms with Crippen LogP contribution in [0.5, 0.6) is 5.88 Å². The number of hydrogen-bond donors (Lipinski definition) is 0. The van der Waals surface area contributed by atoms with E-state index in [2.05, 4.69) is 19.9 Å². The first kappa shape index (κ1) is 23.1. The Balaban J connectivity index is 1.40. The topological polar surface area (TPSA) is 81.1 Å². The largest absolute Gasteiger partial charge is 0.472 e. The number of halogens is 4. The van der Waals surface area contributed by atoms with Gasteiger partial charge in [-0.05, 0) is 49.8 Å². The van der Waals surface area contributed by atoms with E-state index in [1.54, 1.807) is 17.2 Å². The number of aromatic nitrogens is 4. The van der Waals surface area contributed by atoms with Gasteiger partial charge in [0, 0.05) is 25.0 Å². The van der Waals surface area contributed by atoms with Crippen LogP contribution < -0.4 is 4.74 Å². The fraction of sp³-hybridized carbons (Fsp3) is 0.375. The number of rotatable bonds is 4. The second-order valence-corrected chi connectivity index (χ2v) is 8.88. The number of hydrogen-bond acceptors (Lipinski definition) is 6. The van der Waals surface area contributed by atoms with Gasteiger partial charge in [0.25, 0.3) is 5.91 Å². The fourth-order valence-electron chi connectivity index (χ4n) is 4.76. The van der Waals surface area contributed by atoms with Crippen LogP contribution in [0.3, 0.4) is 0 Å². The molecule has 5 heterocycles. The Kier molecular flexibility index (Phi) is 5.86. The predicted molar refractivity (Wildman–Crippen MR) is 116 cm³/mol. The van der Waals surface area contributed by atoms with Crippen LogP contribution in [0.4, 0.5) is 17.6 Å². The normalized spacial score (nSPS) is 21.7. The molecule has 1 aliphatic carbocycles. The summed E-state index contributed by atoms with van der Waals surface area (Å²) < 4.78 is 57.8. The average molecular weight is 487 g/mol. The van der Waals surface area contributed by atoms with E-state index in [1.807, 2.05) is 6.92 Å². The standard InChI is InChI=1S/C24H21F4N5O2/c1-13-6-17(21(30-8-13)22-31-10-16(25)11-32-22)23(34)33-12-14-2-4-18(33)19(7-14)35-20-5-3-15(9-29-20)24(26,27)28/h3,5-6,8-11,14,18-19H,2,4,7,12H2,1H3/t14-,18-,19+/m0/s1. The minimum atomic E-state index is -4.48. The molecule has 3 aromatic heterocycles. The molecular formula is C24H21F4N5O2. The third-order valence-electron chi connectivity index (χ3n) is 6.40. The molecule has 1 amide bonds. The zero-order valence-corrected chi connectivity index (χ0v) is 18.7. The van der Waals surface area contributed by atoms with Crippen LogP contribution in [-0.2, 0) is 6.18 Å². The number of carbonyl (C=O) groups excluding carboxylic acids is 1. The van der Waals surface area contributed by atoms with Gasteiger partial charge in [0.05, 0.1) is 29.6 Å². The van der Waals surface area contributed by atoms with E-state index in [1.165, 1.54) is 6.07 Å². The highest BCUT2D eigenvalue weighted by atomic mass is 19.4. The Morgan fingerprint density at radius 3 is 2.49 bits per heavy atom. The first-order chi connectivity index (χ1) is 16.7. The van der Waals surface area contributed by atoms with Gasteiger partial charge < -0.3 is 9.64 Å². The highest BCUT2D eigenvalue weighted by Crippen LogP contribution is 2.39. The Labute approximate surface area is 198 Å². The molecule has 0 unspecified atom stereocenters. The van der Waals surface area contributed by atoms with Crippen molar-refractivity contribution in [3.8, 4) is 17.4 Å². The number of amides is 1. The van der Waals surface area contributed by atoms with Crippen molar-refractivity contribution >= 4 is 5.91 Å². The zero-order chi connectivity index (χ0) is 24.7. The second kappa shape index (κ2) is 8.86. The van der Waals surface area contributed by atoms with Gasteiger partial charge in [-0.2, -0.15) is 13.2 Å². The number of nitrogens with zero attached hydrogens (tertiary/aromatic N) is 5. The Morgan fingerprint density at radius 2 is 1.83 bits per heavy atom. The van der Waals surface area contributed by atoms with E-state index in [0.717, 1.165) is 36.6 Å². The van der Waals surface area contributed by atoms with Crippen LogP contribution in [0, 0.1) is 18.7 Å². The van der Waals surface area contributed by atoms with Crippen molar-refractivity contribution in [1.82, 2.24) is 24.8 Å². The van der Waals surface area contributed by atoms with E-state index in [-0.39, 0.29) is 35.3 Å². The summed E-state index contributed by atoms with van der Waals surface area (Å²) in [7, 11) is 0. The Morgan fingerprint density at radius 1 is 1.06 bits per heavy atom. The van der Waals surface area contributed by atoms with Crippen molar-refractivity contribution in [2.75, 3.05) is 6.54 Å². The summed E-state index contributed by atoms with van der Waals surface area (Å²) in [6.07, 6.45) is 1.78. The molecule has 2 aliphatic heterocycles. The number of pyridine rings is 2. The van der Waals surface area contributed by atoms with Crippen molar-refractivity contribution in [2.24, 2.45) is 5.92 Å². The Hall–Kier alpha value is -3.63. The second-order valence-electron chi connectivity index (χ2n) is 8.88. The van der Waals surface area contributed by atoms with Crippen LogP contribution in [-0.4, -0.2) is 49.4 Å². The van der Waals surface area contributed by atoms with E-state index in [4.69, 9.17) is 4.74 Å². The zero-order valence-electron chi connectivity index (χ0n) is 18.7. The molecule has 2 saturated heterocycles. The first-order valence-corrected chi connectivity index (χ1v) is 11.1. The maximum absolute atomic E-state index is 13.7. The van der Waals surface area contributed by atoms with Crippen molar-refractivity contribution in [3.63, 3.8) is 0 Å². The van der Waals surface area contributed by atoms with Crippen LogP contribution in [0.2, 0.25) is 0 Å². The monoisotopic (exact) mass is 487 g/mol. The molecule has 1 saturated carbocycles. The van der Waals surface area contributed by atoms with E-state index < -0.39 is 23.7 Å². The van der Waals surface area contributed by atoms with Gasteiger partial charge >= 0.3 is 6.18 Å². The lowest BCUT2D eigenvalue weighted by Crippen LogP contribution is -2.59. The van der Waals surface area contributed by atoms with Crippen LogP contribution in [0.1, 0.15) is 40.7 Å². The van der Waals surface area contributed by atoms with Gasteiger partial charge in [-0.25, -0.2) is 19.3 Å². The summed E-state index contributed by atoms with van der Waals surface area (Å²) in [6.45, 7) is 2.34. The SMILES string of the molecule is Cc1cnc(-c2ncc(F)cn2)c(C(=O)N2C[C@H]3CC[C@H]2[C@H](Oc2ccc(C(F)(F)F)cn2)C3)c1. The van der Waals surface area contributed by atoms with Crippen LogP contribution in [0.15, 0.2) is 43.0 Å². The van der Waals surface area contributed by atoms with E-state index >= 15 is 0 Å². The number of piperidine rings is 2. The van der Waals surface area contributed by atoms with Gasteiger partial charge in [-0.3, -0.25) is 9.78 Å². The third kappa shape index (κ3) is 4.67. The summed E-state index contributed by atoms with van der Waals surface area (Å²) in [4.78, 5) is 31.6. The van der Waals surface area contributed by atoms with Gasteiger partial charge in [-0.1, -0.05) is 0 Å². The summed E-state index contributed by atoms with van der Waals surface area (Å²) in [5.74, 6) is -0.461. The molecule has 0 aromatic carbocycles. The molecule has 0 N–H and O–H groups in total. The van der Waals surface area contributed by atoms with Gasteiger partial charge in [0.15, 0.2) is 11.6 Å². The van der Waals surface area contributed by atoms with Crippen LogP contribution in [0.25, 0.3) is 11.5 Å². The van der Waals surface area contributed by atoms with E-state index in [9.17, 15) is 22.4 Å². The lowest BCUT2D eigenvalue weighted by atomic mass is 9.77. The summed E-state index contributed by atoms with van der Waals surface area (Å²) >= 11 is 0. The van der Waals surface area contributed by atoms with E-state index in [0.29, 0.717) is 24.9 Å². The minimum Gasteiger partial charge on any atom is -0.472 e. The van der Waals surface area contributed by atoms with Crippen molar-refractivity contribution < 1.29 is 27.1 Å². The highest BCUT2D eigenvalue weighted by molar-refractivity contribution is 5.99. The smallest absolute Gasteiger partial charge is 0.417 e. The molecule has 3 aliphatic rings. The molecule has 3 aromatic rings. The molecule has 6 rings (SSSR count). The van der Waals surface area contributed by atoms with Crippen LogP contribution >= 0.6 is 0 Å². The van der Waals surface area contributed by atoms with Crippen molar-refractivity contribution in [1.29, 1.82) is 0 Å². The quantitative estimate of drug-likeness (QED) is 0.505. The van der Waals surface area contributed by atoms with Gasteiger partial charge in [0.1, 0.15) is 11.8 Å². The molecule has 11 heteroatoms. The van der Waals surface area contributed by atoms with Gasteiger partial charge in [0.2, 0.25) is 5.88 Å². The molecule has 2 bridgehead atoms. The predicted octanol–water partition coefficient (Wildman–Crippen LogP) is 4.47. The number of carbonyl (C=O) groups is 1. The molecule has 0 spiro atoms. The molecule has 3 fully saturated rings. The molecule has 7 nitrogen and oxygen atoms in total. The molecule has 3 atom stereocenters. The first-order valence-electron chi connectivity index (χ1n) is 11.1. The lowest BCUT2D eigenvalue weighted by molar-refractivity contribution is -0.137. The molecule has 0 radical (unpaired) electrons. The Bertz CT molecular complexity index is 1230. The maximum atomic E-state index is 13.7. The van der Waals surface area contributed by atoms with Crippen molar-refractivity contribution in [3.05, 3.63) is 65.5 Å². The lowest BCUT2D eigenvalue weighted by Gasteiger charge is -2.49. The van der Waals surface area contributed by atoms with Gasteiger partial charge in [-0.15, -0.1) is 0 Å². The number of alkyl halides is 3. The molecule has 182 valence electrons. The molecular weight excluding hydrogens is 466 g/mol. The average Bonchev–Trinajstić information content (AvgIpc) is 2.84. The summed E-state index contributed by atoms with van der Waals surface area (Å²) in [5, 5.41) is 0. The number of aryl methyl sites for hydroxylation is 1. The third-order valence-corrected chi connectivity index (χ3v) is 6.40. The molecule has 35 heavy (non-hydrogen) atoms. The summed E-state index contributed by atoms with van der Waals surface area (Å²) in [6, 6.07) is 3.55. The maximum Gasteiger partial charge on any atom is 0.417 e. The summed E-state index contributed by atoms with van der Waals surface area (Å²) in [5.41, 5.74) is 0.469.